The number of rotatable bonds is 4. The molecule has 0 saturated carbocycles. The van der Waals surface area contributed by atoms with Gasteiger partial charge in [-0.25, -0.2) is 5.09 Å². The molecule has 0 aliphatic carbocycles. The lowest BCUT2D eigenvalue weighted by atomic mass is 9.87. The molecule has 1 aromatic carbocycles. The number of benzene rings is 1. The summed E-state index contributed by atoms with van der Waals surface area (Å²) in [6, 6.07) is 5.85. The first kappa shape index (κ1) is 14.7. The third kappa shape index (κ3) is 4.11. The van der Waals surface area contributed by atoms with Gasteiger partial charge in [-0.15, -0.1) is 0 Å². The molecule has 96 valence electrons. The van der Waals surface area contributed by atoms with Crippen molar-refractivity contribution in [3.8, 4) is 5.75 Å². The summed E-state index contributed by atoms with van der Waals surface area (Å²) in [6.07, 6.45) is 0. The minimum absolute atomic E-state index is 0.0805. The van der Waals surface area contributed by atoms with Gasteiger partial charge < -0.3 is 9.05 Å². The van der Waals surface area contributed by atoms with Crippen LogP contribution in [0.15, 0.2) is 18.2 Å². The van der Waals surface area contributed by atoms with Crippen LogP contribution in [0.4, 0.5) is 0 Å². The Morgan fingerprint density at radius 2 is 1.94 bits per heavy atom. The van der Waals surface area contributed by atoms with E-state index in [9.17, 15) is 0 Å². The molecule has 0 saturated heterocycles. The monoisotopic (exact) mass is 275 g/mol. The van der Waals surface area contributed by atoms with Gasteiger partial charge >= 0.3 is 8.53 Å². The molecule has 1 unspecified atom stereocenters. The third-order valence-corrected chi connectivity index (χ3v) is 3.68. The fourth-order valence-electron chi connectivity index (χ4n) is 1.30. The van der Waals surface area contributed by atoms with Crippen LogP contribution in [-0.4, -0.2) is 14.2 Å². The summed E-state index contributed by atoms with van der Waals surface area (Å²) in [5.74, 6) is 0.641. The van der Waals surface area contributed by atoms with E-state index in [2.05, 4.69) is 25.9 Å². The van der Waals surface area contributed by atoms with E-state index in [-0.39, 0.29) is 5.41 Å². The van der Waals surface area contributed by atoms with Crippen LogP contribution < -0.4 is 9.61 Å². The van der Waals surface area contributed by atoms with Crippen molar-refractivity contribution >= 4 is 20.1 Å². The molecule has 0 heterocycles. The summed E-state index contributed by atoms with van der Waals surface area (Å²) in [4.78, 5) is 0. The van der Waals surface area contributed by atoms with Crippen LogP contribution in [0.5, 0.6) is 5.75 Å². The van der Waals surface area contributed by atoms with E-state index in [0.29, 0.717) is 10.8 Å². The first-order valence-corrected chi connectivity index (χ1v) is 6.93. The van der Waals surface area contributed by atoms with Gasteiger partial charge in [0.25, 0.3) is 0 Å². The van der Waals surface area contributed by atoms with Crippen molar-refractivity contribution in [2.24, 2.45) is 0 Å². The molecule has 1 N–H and O–H groups in total. The van der Waals surface area contributed by atoms with E-state index < -0.39 is 8.53 Å². The van der Waals surface area contributed by atoms with Crippen molar-refractivity contribution in [2.75, 3.05) is 14.2 Å². The van der Waals surface area contributed by atoms with Crippen molar-refractivity contribution in [2.45, 2.75) is 26.2 Å². The highest BCUT2D eigenvalue weighted by molar-refractivity contribution is 7.45. The molecule has 1 rings (SSSR count). The first-order valence-electron chi connectivity index (χ1n) is 5.38. The zero-order valence-corrected chi connectivity index (χ0v) is 12.5. The second-order valence-electron chi connectivity index (χ2n) is 4.65. The Bertz CT molecular complexity index is 375. The van der Waals surface area contributed by atoms with Crippen molar-refractivity contribution in [3.63, 3.8) is 0 Å². The van der Waals surface area contributed by atoms with Crippen LogP contribution in [0.3, 0.4) is 0 Å². The Labute approximate surface area is 109 Å². The Morgan fingerprint density at radius 1 is 1.29 bits per heavy atom. The van der Waals surface area contributed by atoms with Gasteiger partial charge in [0.05, 0.1) is 5.02 Å². The smallest absolute Gasteiger partial charge is 0.317 e. The lowest BCUT2D eigenvalue weighted by Crippen LogP contribution is -2.11. The molecule has 5 heteroatoms. The lowest BCUT2D eigenvalue weighted by Gasteiger charge is -2.21. The normalized spacial score (nSPS) is 13.5. The van der Waals surface area contributed by atoms with E-state index in [1.165, 1.54) is 5.56 Å². The van der Waals surface area contributed by atoms with E-state index in [1.807, 2.05) is 18.2 Å². The predicted molar refractivity (Wildman–Crippen MR) is 73.8 cm³/mol. The average molecular weight is 276 g/mol. The van der Waals surface area contributed by atoms with Crippen LogP contribution in [-0.2, 0) is 9.94 Å². The molecule has 1 atom stereocenters. The van der Waals surface area contributed by atoms with E-state index in [0.717, 1.165) is 0 Å². The van der Waals surface area contributed by atoms with Gasteiger partial charge in [-0.05, 0) is 30.2 Å². The summed E-state index contributed by atoms with van der Waals surface area (Å²) >= 11 is 6.20. The molecule has 0 spiro atoms. The van der Waals surface area contributed by atoms with Crippen molar-refractivity contribution in [3.05, 3.63) is 28.8 Å². The number of hydrogen-bond acceptors (Lipinski definition) is 3. The topological polar surface area (TPSA) is 30.5 Å². The van der Waals surface area contributed by atoms with Crippen molar-refractivity contribution in [1.82, 2.24) is 5.09 Å². The number of halogens is 1. The van der Waals surface area contributed by atoms with Gasteiger partial charge in [0.2, 0.25) is 0 Å². The SMILES string of the molecule is CNP(OC)Oc1ccc(C(C)(C)C)cc1Cl. The van der Waals surface area contributed by atoms with Crippen LogP contribution in [0.2, 0.25) is 5.02 Å². The predicted octanol–water partition coefficient (Wildman–Crippen LogP) is 4.11. The fourth-order valence-corrected chi connectivity index (χ4v) is 2.26. The molecule has 3 nitrogen and oxygen atoms in total. The van der Waals surface area contributed by atoms with Crippen LogP contribution in [0.1, 0.15) is 26.3 Å². The van der Waals surface area contributed by atoms with Crippen molar-refractivity contribution in [1.29, 1.82) is 0 Å². The maximum Gasteiger partial charge on any atom is 0.317 e. The largest absolute Gasteiger partial charge is 0.434 e. The second-order valence-corrected chi connectivity index (χ2v) is 6.57. The maximum absolute atomic E-state index is 6.20. The molecule has 0 bridgehead atoms. The number of nitrogens with one attached hydrogen (secondary N) is 1. The first-order chi connectivity index (χ1) is 7.88. The van der Waals surface area contributed by atoms with Gasteiger partial charge in [0, 0.05) is 7.11 Å². The van der Waals surface area contributed by atoms with E-state index >= 15 is 0 Å². The average Bonchev–Trinajstić information content (AvgIpc) is 2.26. The molecule has 0 radical (unpaired) electrons. The van der Waals surface area contributed by atoms with Gasteiger partial charge in [0.1, 0.15) is 5.75 Å². The zero-order valence-electron chi connectivity index (χ0n) is 10.9. The van der Waals surface area contributed by atoms with Gasteiger partial charge in [0.15, 0.2) is 0 Å². The highest BCUT2D eigenvalue weighted by atomic mass is 35.5. The summed E-state index contributed by atoms with van der Waals surface area (Å²) in [5, 5.41) is 3.54. The number of hydrogen-bond donors (Lipinski definition) is 1. The fraction of sp³-hybridized carbons (Fsp3) is 0.500. The molecule has 0 aliphatic heterocycles. The molecule has 17 heavy (non-hydrogen) atoms. The Balaban J connectivity index is 2.90. The third-order valence-electron chi connectivity index (χ3n) is 2.33. The van der Waals surface area contributed by atoms with Gasteiger partial charge in [-0.2, -0.15) is 0 Å². The lowest BCUT2D eigenvalue weighted by molar-refractivity contribution is 0.387. The zero-order chi connectivity index (χ0) is 13.1. The van der Waals surface area contributed by atoms with Crippen LogP contribution in [0.25, 0.3) is 0 Å². The van der Waals surface area contributed by atoms with Gasteiger partial charge in [-0.3, -0.25) is 0 Å². The maximum atomic E-state index is 6.20. The molecule has 0 aliphatic rings. The molecular weight excluding hydrogens is 257 g/mol. The Morgan fingerprint density at radius 3 is 2.35 bits per heavy atom. The Kier molecular flexibility index (Phi) is 5.21. The molecule has 0 aromatic heterocycles. The second kappa shape index (κ2) is 6.01. The summed E-state index contributed by atoms with van der Waals surface area (Å²) in [6.45, 7) is 6.44. The molecular formula is C12H19ClNO2P. The molecule has 1 aromatic rings. The minimum Gasteiger partial charge on any atom is -0.434 e. The highest BCUT2D eigenvalue weighted by Crippen LogP contribution is 2.39. The molecule has 0 fully saturated rings. The summed E-state index contributed by atoms with van der Waals surface area (Å²) < 4.78 is 10.7. The van der Waals surface area contributed by atoms with Crippen LogP contribution >= 0.6 is 20.1 Å². The van der Waals surface area contributed by atoms with Gasteiger partial charge in [-0.1, -0.05) is 38.4 Å². The molecule has 0 amide bonds. The quantitative estimate of drug-likeness (QED) is 0.839. The van der Waals surface area contributed by atoms with Crippen molar-refractivity contribution < 1.29 is 9.05 Å². The van der Waals surface area contributed by atoms with E-state index in [1.54, 1.807) is 14.2 Å². The Hall–Kier alpha value is -0.340. The van der Waals surface area contributed by atoms with Crippen LogP contribution in [0, 0.1) is 0 Å². The van der Waals surface area contributed by atoms with E-state index in [4.69, 9.17) is 20.6 Å². The summed E-state index contributed by atoms with van der Waals surface area (Å²) in [7, 11) is 2.26. The highest BCUT2D eigenvalue weighted by Gasteiger charge is 2.17. The minimum atomic E-state index is -1.12. The summed E-state index contributed by atoms with van der Waals surface area (Å²) in [5.41, 5.74) is 1.26. The standard InChI is InChI=1S/C12H19ClNO2P/c1-12(2,3)9-6-7-11(10(13)8-9)16-17(14-4)15-5/h6-8,14H,1-5H3.